The van der Waals surface area contributed by atoms with Gasteiger partial charge in [-0.3, -0.25) is 9.69 Å². The number of urea groups is 1. The van der Waals surface area contributed by atoms with Gasteiger partial charge in [0.25, 0.3) is 5.91 Å². The highest BCUT2D eigenvalue weighted by Gasteiger charge is 2.33. The van der Waals surface area contributed by atoms with Crippen molar-refractivity contribution in [3.8, 4) is 11.4 Å². The number of ether oxygens (including phenoxy) is 1. The van der Waals surface area contributed by atoms with Gasteiger partial charge in [0.2, 0.25) is 0 Å². The lowest BCUT2D eigenvalue weighted by Crippen LogP contribution is -2.30. The van der Waals surface area contributed by atoms with Gasteiger partial charge in [0.15, 0.2) is 0 Å². The molecule has 6 nitrogen and oxygen atoms in total. The first-order valence-corrected chi connectivity index (χ1v) is 9.27. The van der Waals surface area contributed by atoms with Gasteiger partial charge in [0, 0.05) is 17.6 Å². The molecule has 0 unspecified atom stereocenters. The van der Waals surface area contributed by atoms with Crippen LogP contribution in [0.1, 0.15) is 16.8 Å². The number of methoxy groups -OCH3 is 1. The molecule has 0 spiro atoms. The SMILES string of the molecule is COc1ccc(-n2cccc2/C=C2\NC(=O)N(Cc3ccc(C)cc3)C2=O)cc1. The zero-order chi connectivity index (χ0) is 20.4. The molecule has 146 valence electrons. The minimum Gasteiger partial charge on any atom is -0.497 e. The van der Waals surface area contributed by atoms with E-state index < -0.39 is 6.03 Å². The van der Waals surface area contributed by atoms with Crippen molar-refractivity contribution in [2.45, 2.75) is 13.5 Å². The Hall–Kier alpha value is -3.80. The van der Waals surface area contributed by atoms with Gasteiger partial charge in [0.1, 0.15) is 11.4 Å². The van der Waals surface area contributed by atoms with E-state index in [1.165, 1.54) is 4.90 Å². The van der Waals surface area contributed by atoms with E-state index in [4.69, 9.17) is 4.74 Å². The maximum atomic E-state index is 12.8. The quantitative estimate of drug-likeness (QED) is 0.534. The summed E-state index contributed by atoms with van der Waals surface area (Å²) in [5, 5.41) is 2.69. The molecule has 6 heteroatoms. The van der Waals surface area contributed by atoms with E-state index in [1.807, 2.05) is 78.4 Å². The van der Waals surface area contributed by atoms with Gasteiger partial charge in [0.05, 0.1) is 13.7 Å². The van der Waals surface area contributed by atoms with Crippen molar-refractivity contribution in [3.63, 3.8) is 0 Å². The van der Waals surface area contributed by atoms with Crippen molar-refractivity contribution >= 4 is 18.0 Å². The Morgan fingerprint density at radius 1 is 1.00 bits per heavy atom. The minimum absolute atomic E-state index is 0.238. The summed E-state index contributed by atoms with van der Waals surface area (Å²) in [6.07, 6.45) is 3.60. The number of imide groups is 1. The molecule has 3 aromatic rings. The molecular weight excluding hydrogens is 366 g/mol. The smallest absolute Gasteiger partial charge is 0.329 e. The maximum Gasteiger partial charge on any atom is 0.329 e. The van der Waals surface area contributed by atoms with Crippen LogP contribution in [0.2, 0.25) is 0 Å². The summed E-state index contributed by atoms with van der Waals surface area (Å²) in [5.41, 5.74) is 4.01. The fourth-order valence-electron chi connectivity index (χ4n) is 3.23. The Morgan fingerprint density at radius 2 is 1.72 bits per heavy atom. The van der Waals surface area contributed by atoms with Crippen LogP contribution in [0.5, 0.6) is 5.75 Å². The molecule has 29 heavy (non-hydrogen) atoms. The number of amides is 3. The summed E-state index contributed by atoms with van der Waals surface area (Å²) in [7, 11) is 1.62. The molecular formula is C23H21N3O3. The van der Waals surface area contributed by atoms with E-state index in [1.54, 1.807) is 13.2 Å². The molecule has 1 fully saturated rings. The maximum absolute atomic E-state index is 12.8. The second kappa shape index (κ2) is 7.67. The average Bonchev–Trinajstić information content (AvgIpc) is 3.30. The van der Waals surface area contributed by atoms with Crippen molar-refractivity contribution in [3.05, 3.63) is 89.4 Å². The predicted molar refractivity (Wildman–Crippen MR) is 111 cm³/mol. The molecule has 1 aromatic heterocycles. The van der Waals surface area contributed by atoms with E-state index in [0.29, 0.717) is 0 Å². The number of carbonyl (C=O) groups is 2. The van der Waals surface area contributed by atoms with Gasteiger partial charge in [-0.1, -0.05) is 29.8 Å². The lowest BCUT2D eigenvalue weighted by Gasteiger charge is -2.12. The Labute approximate surface area is 169 Å². The first-order chi connectivity index (χ1) is 14.0. The molecule has 3 amide bonds. The summed E-state index contributed by atoms with van der Waals surface area (Å²) >= 11 is 0. The molecule has 0 bridgehead atoms. The topological polar surface area (TPSA) is 63.6 Å². The Balaban J connectivity index is 1.57. The number of rotatable bonds is 5. The van der Waals surface area contributed by atoms with E-state index in [9.17, 15) is 9.59 Å². The van der Waals surface area contributed by atoms with Crippen molar-refractivity contribution in [2.75, 3.05) is 7.11 Å². The van der Waals surface area contributed by atoms with Crippen LogP contribution in [-0.2, 0) is 11.3 Å². The normalized spacial score (nSPS) is 15.1. The van der Waals surface area contributed by atoms with Gasteiger partial charge < -0.3 is 14.6 Å². The van der Waals surface area contributed by atoms with E-state index >= 15 is 0 Å². The van der Waals surface area contributed by atoms with Crippen LogP contribution in [0.15, 0.2) is 72.6 Å². The Bertz CT molecular complexity index is 1080. The largest absolute Gasteiger partial charge is 0.497 e. The zero-order valence-corrected chi connectivity index (χ0v) is 16.3. The Kier molecular flexibility index (Phi) is 4.91. The van der Waals surface area contributed by atoms with Crippen LogP contribution in [0, 0.1) is 6.92 Å². The van der Waals surface area contributed by atoms with Crippen LogP contribution < -0.4 is 10.1 Å². The molecule has 0 radical (unpaired) electrons. The summed E-state index contributed by atoms with van der Waals surface area (Å²) in [5.74, 6) is 0.434. The van der Waals surface area contributed by atoms with Crippen LogP contribution >= 0.6 is 0 Å². The number of hydrogen-bond donors (Lipinski definition) is 1. The lowest BCUT2D eigenvalue weighted by molar-refractivity contribution is -0.123. The van der Waals surface area contributed by atoms with Gasteiger partial charge in [-0.25, -0.2) is 4.79 Å². The van der Waals surface area contributed by atoms with E-state index in [2.05, 4.69) is 5.32 Å². The second-order valence-electron chi connectivity index (χ2n) is 6.87. The number of hydrogen-bond acceptors (Lipinski definition) is 3. The highest BCUT2D eigenvalue weighted by atomic mass is 16.5. The molecule has 1 N–H and O–H groups in total. The fourth-order valence-corrected chi connectivity index (χ4v) is 3.23. The molecule has 0 aliphatic carbocycles. The monoisotopic (exact) mass is 387 g/mol. The zero-order valence-electron chi connectivity index (χ0n) is 16.3. The number of nitrogens with zero attached hydrogens (tertiary/aromatic N) is 2. The number of carbonyl (C=O) groups excluding carboxylic acids is 2. The molecule has 0 saturated carbocycles. The number of aromatic nitrogens is 1. The third kappa shape index (κ3) is 3.78. The third-order valence-electron chi connectivity index (χ3n) is 4.85. The highest BCUT2D eigenvalue weighted by molar-refractivity contribution is 6.13. The van der Waals surface area contributed by atoms with Crippen molar-refractivity contribution in [1.82, 2.24) is 14.8 Å². The first kappa shape index (κ1) is 18.6. The van der Waals surface area contributed by atoms with Crippen molar-refractivity contribution in [2.24, 2.45) is 0 Å². The summed E-state index contributed by atoms with van der Waals surface area (Å²) in [6, 6.07) is 18.7. The third-order valence-corrected chi connectivity index (χ3v) is 4.85. The predicted octanol–water partition coefficient (Wildman–Crippen LogP) is 3.89. The molecule has 1 saturated heterocycles. The molecule has 1 aliphatic rings. The highest BCUT2D eigenvalue weighted by Crippen LogP contribution is 2.21. The first-order valence-electron chi connectivity index (χ1n) is 9.27. The summed E-state index contributed by atoms with van der Waals surface area (Å²) in [4.78, 5) is 26.4. The number of aryl methyl sites for hydroxylation is 1. The Morgan fingerprint density at radius 3 is 2.41 bits per heavy atom. The summed E-state index contributed by atoms with van der Waals surface area (Å²) < 4.78 is 7.14. The fraction of sp³-hybridized carbons (Fsp3) is 0.130. The standard InChI is InChI=1S/C23H21N3O3/c1-16-5-7-17(8-6-16)15-26-22(27)21(24-23(26)28)14-19-4-3-13-25(19)18-9-11-20(29-2)12-10-18/h3-14H,15H2,1-2H3,(H,24,28)/b21-14-. The second-order valence-corrected chi connectivity index (χ2v) is 6.87. The van der Waals surface area contributed by atoms with E-state index in [0.717, 1.165) is 28.3 Å². The lowest BCUT2D eigenvalue weighted by atomic mass is 10.1. The average molecular weight is 387 g/mol. The van der Waals surface area contributed by atoms with Crippen LogP contribution in [0.4, 0.5) is 4.79 Å². The number of benzene rings is 2. The summed E-state index contributed by atoms with van der Waals surface area (Å²) in [6.45, 7) is 2.23. The van der Waals surface area contributed by atoms with Gasteiger partial charge in [-0.05, 0) is 55.0 Å². The number of nitrogens with one attached hydrogen (secondary N) is 1. The minimum atomic E-state index is -0.413. The molecule has 2 heterocycles. The van der Waals surface area contributed by atoms with E-state index in [-0.39, 0.29) is 18.1 Å². The van der Waals surface area contributed by atoms with Gasteiger partial charge >= 0.3 is 6.03 Å². The molecule has 0 atom stereocenters. The van der Waals surface area contributed by atoms with Crippen LogP contribution in [0.25, 0.3) is 11.8 Å². The van der Waals surface area contributed by atoms with Crippen molar-refractivity contribution in [1.29, 1.82) is 0 Å². The van der Waals surface area contributed by atoms with Gasteiger partial charge in [-0.2, -0.15) is 0 Å². The van der Waals surface area contributed by atoms with Crippen LogP contribution in [0.3, 0.4) is 0 Å². The molecule has 1 aliphatic heterocycles. The van der Waals surface area contributed by atoms with Crippen LogP contribution in [-0.4, -0.2) is 28.5 Å². The molecule has 4 rings (SSSR count). The van der Waals surface area contributed by atoms with Gasteiger partial charge in [-0.15, -0.1) is 0 Å². The molecule has 2 aromatic carbocycles. The van der Waals surface area contributed by atoms with Crippen molar-refractivity contribution < 1.29 is 14.3 Å².